The summed E-state index contributed by atoms with van der Waals surface area (Å²) < 4.78 is 6.23. The van der Waals surface area contributed by atoms with Gasteiger partial charge in [-0.25, -0.2) is 0 Å². The van der Waals surface area contributed by atoms with E-state index < -0.39 is 8.32 Å². The van der Waals surface area contributed by atoms with Crippen LogP contribution in [-0.4, -0.2) is 31.8 Å². The van der Waals surface area contributed by atoms with Gasteiger partial charge in [0, 0.05) is 19.2 Å². The largest absolute Gasteiger partial charge is 0.416 e. The van der Waals surface area contributed by atoms with E-state index in [4.69, 9.17) is 4.43 Å². The second-order valence-corrected chi connectivity index (χ2v) is 12.7. The van der Waals surface area contributed by atoms with Gasteiger partial charge in [0.25, 0.3) is 0 Å². The second-order valence-electron chi connectivity index (χ2n) is 7.87. The molecule has 1 aliphatic rings. The van der Waals surface area contributed by atoms with Crippen molar-refractivity contribution in [2.75, 3.05) is 6.61 Å². The molecule has 2 rings (SSSR count). The van der Waals surface area contributed by atoms with E-state index in [1.165, 1.54) is 5.56 Å². The van der Waals surface area contributed by atoms with Gasteiger partial charge in [0.15, 0.2) is 8.32 Å². The first kappa shape index (κ1) is 17.2. The minimum Gasteiger partial charge on any atom is -0.416 e. The normalized spacial score (nSPS) is 22.6. The molecule has 0 radical (unpaired) electrons. The van der Waals surface area contributed by atoms with Crippen LogP contribution >= 0.6 is 0 Å². The van der Waals surface area contributed by atoms with Crippen LogP contribution in [0, 0.1) is 5.92 Å². The highest BCUT2D eigenvalue weighted by atomic mass is 28.4. The Hall–Kier alpha value is -1.13. The van der Waals surface area contributed by atoms with Gasteiger partial charge >= 0.3 is 0 Å². The van der Waals surface area contributed by atoms with Gasteiger partial charge in [-0.1, -0.05) is 51.1 Å². The maximum atomic E-state index is 12.4. The van der Waals surface area contributed by atoms with E-state index in [9.17, 15) is 4.79 Å². The van der Waals surface area contributed by atoms with Crippen molar-refractivity contribution in [2.24, 2.45) is 5.92 Å². The summed E-state index contributed by atoms with van der Waals surface area (Å²) in [5, 5.41) is 0.187. The lowest BCUT2D eigenvalue weighted by Gasteiger charge is -2.47. The zero-order valence-electron chi connectivity index (χ0n) is 14.7. The Morgan fingerprint density at radius 3 is 2.27 bits per heavy atom. The molecule has 0 saturated carbocycles. The van der Waals surface area contributed by atoms with Crippen LogP contribution < -0.4 is 0 Å². The molecule has 122 valence electrons. The van der Waals surface area contributed by atoms with Crippen molar-refractivity contribution in [1.29, 1.82) is 0 Å². The lowest BCUT2D eigenvalue weighted by atomic mass is 9.89. The van der Waals surface area contributed by atoms with Crippen LogP contribution in [0.15, 0.2) is 30.3 Å². The molecule has 0 unspecified atom stereocenters. The van der Waals surface area contributed by atoms with E-state index in [1.54, 1.807) is 0 Å². The van der Waals surface area contributed by atoms with Gasteiger partial charge in [0.2, 0.25) is 5.91 Å². The smallest absolute Gasteiger partial charge is 0.230 e. The van der Waals surface area contributed by atoms with Gasteiger partial charge in [-0.3, -0.25) is 4.79 Å². The summed E-state index contributed by atoms with van der Waals surface area (Å²) >= 11 is 0. The fourth-order valence-corrected chi connectivity index (χ4v) is 3.51. The van der Waals surface area contributed by atoms with Crippen molar-refractivity contribution >= 4 is 14.2 Å². The Morgan fingerprint density at radius 2 is 1.77 bits per heavy atom. The van der Waals surface area contributed by atoms with Crippen LogP contribution in [0.5, 0.6) is 0 Å². The minimum atomic E-state index is -1.78. The highest BCUT2D eigenvalue weighted by Gasteiger charge is 2.46. The fourth-order valence-electron chi connectivity index (χ4n) is 2.48. The monoisotopic (exact) mass is 319 g/mol. The molecule has 1 amide bonds. The van der Waals surface area contributed by atoms with Crippen LogP contribution in [0.4, 0.5) is 0 Å². The van der Waals surface area contributed by atoms with Crippen molar-refractivity contribution < 1.29 is 9.22 Å². The highest BCUT2D eigenvalue weighted by Crippen LogP contribution is 2.38. The van der Waals surface area contributed by atoms with Gasteiger partial charge in [-0.2, -0.15) is 0 Å². The molecule has 0 aromatic heterocycles. The number of carbonyl (C=O) groups excluding carboxylic acids is 1. The van der Waals surface area contributed by atoms with Crippen LogP contribution in [0.25, 0.3) is 0 Å². The van der Waals surface area contributed by atoms with Crippen LogP contribution in [0.3, 0.4) is 0 Å². The van der Waals surface area contributed by atoms with E-state index in [0.29, 0.717) is 13.2 Å². The number of hydrogen-bond donors (Lipinski definition) is 0. The van der Waals surface area contributed by atoms with E-state index in [0.717, 1.165) is 0 Å². The third-order valence-electron chi connectivity index (χ3n) is 5.30. The molecule has 2 atom stereocenters. The predicted octanol–water partition coefficient (Wildman–Crippen LogP) is 4.06. The number of nitrogens with zero attached hydrogens (tertiary/aromatic N) is 1. The fraction of sp³-hybridized carbons (Fsp3) is 0.611. The molecule has 1 aromatic carbocycles. The molecule has 0 N–H and O–H groups in total. The quantitative estimate of drug-likeness (QED) is 0.605. The van der Waals surface area contributed by atoms with Crippen molar-refractivity contribution in [3.8, 4) is 0 Å². The van der Waals surface area contributed by atoms with Crippen LogP contribution in [0.2, 0.25) is 18.1 Å². The summed E-state index contributed by atoms with van der Waals surface area (Å²) in [5.74, 6) is 0.257. The molecule has 22 heavy (non-hydrogen) atoms. The summed E-state index contributed by atoms with van der Waals surface area (Å²) in [6, 6.07) is 10.4. The molecule has 0 aliphatic carbocycles. The lowest BCUT2D eigenvalue weighted by molar-refractivity contribution is -0.158. The number of rotatable bonds is 5. The Morgan fingerprint density at radius 1 is 1.18 bits per heavy atom. The standard InChI is InChI=1S/C18H29NO2Si/c1-14-16(13-21-22(5,6)18(2,3)4)17(20)19(14)12-15-10-8-7-9-11-15/h7-11,14,16H,12-13H2,1-6H3/t14-,16+/m1/s1. The van der Waals surface area contributed by atoms with Gasteiger partial charge in [-0.15, -0.1) is 0 Å². The number of amides is 1. The molecule has 1 fully saturated rings. The Labute approximate surface area is 135 Å². The molecule has 0 spiro atoms. The number of benzene rings is 1. The van der Waals surface area contributed by atoms with Crippen molar-refractivity contribution in [1.82, 2.24) is 4.90 Å². The van der Waals surface area contributed by atoms with E-state index >= 15 is 0 Å². The molecular formula is C18H29NO2Si. The first-order chi connectivity index (χ1) is 10.1. The molecular weight excluding hydrogens is 290 g/mol. The second kappa shape index (κ2) is 6.17. The zero-order valence-corrected chi connectivity index (χ0v) is 15.7. The molecule has 1 saturated heterocycles. The summed E-state index contributed by atoms with van der Waals surface area (Å²) in [6.07, 6.45) is 0. The Kier molecular flexibility index (Phi) is 4.83. The summed E-state index contributed by atoms with van der Waals surface area (Å²) in [6.45, 7) is 14.6. The predicted molar refractivity (Wildman–Crippen MR) is 93.1 cm³/mol. The van der Waals surface area contributed by atoms with Gasteiger partial charge in [-0.05, 0) is 30.6 Å². The highest BCUT2D eigenvalue weighted by molar-refractivity contribution is 6.74. The van der Waals surface area contributed by atoms with Crippen molar-refractivity contribution in [3.05, 3.63) is 35.9 Å². The van der Waals surface area contributed by atoms with Crippen molar-refractivity contribution in [3.63, 3.8) is 0 Å². The number of hydrogen-bond acceptors (Lipinski definition) is 2. The Bertz CT molecular complexity index is 522. The number of carbonyl (C=O) groups is 1. The average Bonchev–Trinajstić information content (AvgIpc) is 2.44. The van der Waals surface area contributed by atoms with Gasteiger partial charge in [0.1, 0.15) is 0 Å². The third-order valence-corrected chi connectivity index (χ3v) is 9.80. The van der Waals surface area contributed by atoms with E-state index in [-0.39, 0.29) is 22.9 Å². The number of β-lactam (4-membered cyclic amide) rings is 1. The maximum absolute atomic E-state index is 12.4. The first-order valence-electron chi connectivity index (χ1n) is 8.12. The molecule has 4 heteroatoms. The topological polar surface area (TPSA) is 29.5 Å². The van der Waals surface area contributed by atoms with Crippen molar-refractivity contribution in [2.45, 2.75) is 58.4 Å². The Balaban J connectivity index is 1.90. The molecule has 0 bridgehead atoms. The van der Waals surface area contributed by atoms with Gasteiger partial charge < -0.3 is 9.33 Å². The lowest BCUT2D eigenvalue weighted by Crippen LogP contribution is -2.61. The zero-order chi connectivity index (χ0) is 16.5. The maximum Gasteiger partial charge on any atom is 0.230 e. The minimum absolute atomic E-state index is 0.0258. The van der Waals surface area contributed by atoms with Crippen LogP contribution in [0.1, 0.15) is 33.3 Å². The van der Waals surface area contributed by atoms with E-state index in [2.05, 4.69) is 52.9 Å². The summed E-state index contributed by atoms with van der Waals surface area (Å²) in [7, 11) is -1.78. The first-order valence-corrected chi connectivity index (χ1v) is 11.0. The summed E-state index contributed by atoms with van der Waals surface area (Å²) in [5.41, 5.74) is 1.19. The van der Waals surface area contributed by atoms with E-state index in [1.807, 2.05) is 23.1 Å². The molecule has 3 nitrogen and oxygen atoms in total. The average molecular weight is 320 g/mol. The molecule has 1 aromatic rings. The molecule has 1 aliphatic heterocycles. The summed E-state index contributed by atoms with van der Waals surface area (Å²) in [4.78, 5) is 14.4. The van der Waals surface area contributed by atoms with Gasteiger partial charge in [0.05, 0.1) is 5.92 Å². The third kappa shape index (κ3) is 3.44. The number of likely N-dealkylation sites (tertiary alicyclic amines) is 1. The van der Waals surface area contributed by atoms with Crippen LogP contribution in [-0.2, 0) is 15.8 Å². The molecule has 1 heterocycles. The SMILES string of the molecule is C[C@@H]1[C@H](CO[Si](C)(C)C(C)(C)C)C(=O)N1Cc1ccccc1.